The number of carbonyl (C=O) groups excluding carboxylic acids is 1. The molecule has 2 aliphatic carbocycles. The van der Waals surface area contributed by atoms with Crippen molar-refractivity contribution in [3.8, 4) is 23.0 Å². The number of amides is 1. The Morgan fingerprint density at radius 2 is 1.30 bits per heavy atom. The van der Waals surface area contributed by atoms with Gasteiger partial charge in [-0.2, -0.15) is 0 Å². The van der Waals surface area contributed by atoms with Gasteiger partial charge in [-0.3, -0.25) is 9.97 Å². The number of nitrogens with zero attached hydrogens (tertiary/aromatic N) is 8. The van der Waals surface area contributed by atoms with Gasteiger partial charge in [-0.15, -0.1) is 0 Å². The molecule has 276 valence electrons. The van der Waals surface area contributed by atoms with Gasteiger partial charge in [0.15, 0.2) is 11.6 Å². The molecule has 2 aliphatic rings. The monoisotopic (exact) mass is 754 g/mol. The Bertz CT molecular complexity index is 2190. The molecule has 2 fully saturated rings. The van der Waals surface area contributed by atoms with Gasteiger partial charge in [0.25, 0.3) is 0 Å². The predicted molar refractivity (Wildman–Crippen MR) is 208 cm³/mol. The zero-order valence-electron chi connectivity index (χ0n) is 30.1. The Morgan fingerprint density at radius 1 is 0.774 bits per heavy atom. The first kappa shape index (κ1) is 36.7. The molecule has 0 bridgehead atoms. The number of alkyl carbamates (subject to hydrolysis) is 1. The number of nitrogens with two attached hydrogens (primary N) is 1. The molecule has 0 aliphatic heterocycles. The molecule has 2 saturated carbocycles. The van der Waals surface area contributed by atoms with Gasteiger partial charge in [-0.1, -0.05) is 35.3 Å². The molecule has 0 saturated heterocycles. The van der Waals surface area contributed by atoms with E-state index >= 15 is 0 Å². The van der Waals surface area contributed by atoms with E-state index in [1.165, 1.54) is 0 Å². The van der Waals surface area contributed by atoms with Crippen molar-refractivity contribution in [3.05, 3.63) is 83.6 Å². The van der Waals surface area contributed by atoms with Gasteiger partial charge >= 0.3 is 6.09 Å². The van der Waals surface area contributed by atoms with E-state index in [0.29, 0.717) is 16.3 Å². The first-order chi connectivity index (χ1) is 25.5. The highest BCUT2D eigenvalue weighted by Crippen LogP contribution is 2.37. The Balaban J connectivity index is 0.000000170. The van der Waals surface area contributed by atoms with E-state index in [1.54, 1.807) is 30.9 Å². The second kappa shape index (κ2) is 15.8. The Morgan fingerprint density at radius 3 is 1.79 bits per heavy atom. The van der Waals surface area contributed by atoms with Crippen LogP contribution in [0.15, 0.2) is 73.3 Å². The van der Waals surface area contributed by atoms with Gasteiger partial charge in [0.2, 0.25) is 0 Å². The molecule has 0 radical (unpaired) electrons. The molecule has 53 heavy (non-hydrogen) atoms. The molecular formula is C39H44Cl2N10O2. The third-order valence-corrected chi connectivity index (χ3v) is 10.1. The number of imidazole rings is 2. The number of nitrogens with one attached hydrogen (secondary N) is 1. The number of rotatable bonds is 5. The van der Waals surface area contributed by atoms with Crippen molar-refractivity contribution in [2.45, 2.75) is 102 Å². The van der Waals surface area contributed by atoms with Crippen LogP contribution in [0.2, 0.25) is 10.3 Å². The molecule has 0 spiro atoms. The molecule has 3 N–H and O–H groups in total. The van der Waals surface area contributed by atoms with Gasteiger partial charge in [0.05, 0.1) is 34.5 Å². The lowest BCUT2D eigenvalue weighted by Crippen LogP contribution is -2.41. The summed E-state index contributed by atoms with van der Waals surface area (Å²) in [6.07, 6.45) is 14.7. The number of ether oxygens (including phenoxy) is 1. The Kier molecular flexibility index (Phi) is 10.9. The first-order valence-corrected chi connectivity index (χ1v) is 18.9. The van der Waals surface area contributed by atoms with Crippen molar-refractivity contribution in [1.29, 1.82) is 0 Å². The van der Waals surface area contributed by atoms with Gasteiger partial charge in [0.1, 0.15) is 27.3 Å². The van der Waals surface area contributed by atoms with Crippen LogP contribution >= 0.6 is 23.2 Å². The molecule has 12 nitrogen and oxygen atoms in total. The largest absolute Gasteiger partial charge is 0.444 e. The molecule has 0 unspecified atom stereocenters. The zero-order valence-corrected chi connectivity index (χ0v) is 31.6. The molecule has 6 heterocycles. The van der Waals surface area contributed by atoms with E-state index < -0.39 is 5.60 Å². The number of aromatic nitrogens is 8. The van der Waals surface area contributed by atoms with Crippen molar-refractivity contribution in [3.63, 3.8) is 0 Å². The van der Waals surface area contributed by atoms with Crippen LogP contribution in [0.5, 0.6) is 0 Å². The highest BCUT2D eigenvalue weighted by Gasteiger charge is 2.30. The number of fused-ring (bicyclic) bond motifs is 2. The molecule has 6 aromatic rings. The number of carbonyl (C=O) groups is 1. The molecule has 8 rings (SSSR count). The minimum atomic E-state index is -0.518. The summed E-state index contributed by atoms with van der Waals surface area (Å²) in [7, 11) is 0. The van der Waals surface area contributed by atoms with Crippen LogP contribution in [0.1, 0.15) is 84.2 Å². The topological polar surface area (TPSA) is 152 Å². The van der Waals surface area contributed by atoms with Crippen LogP contribution in [-0.2, 0) is 4.74 Å². The Labute approximate surface area is 318 Å². The van der Waals surface area contributed by atoms with Crippen LogP contribution in [-0.4, -0.2) is 62.8 Å². The minimum absolute atomic E-state index is 0.0351. The molecule has 0 aromatic carbocycles. The van der Waals surface area contributed by atoms with Gasteiger partial charge in [0, 0.05) is 48.7 Å². The van der Waals surface area contributed by atoms with E-state index in [9.17, 15) is 4.79 Å². The van der Waals surface area contributed by atoms with Crippen molar-refractivity contribution in [1.82, 2.24) is 44.4 Å². The Hall–Kier alpha value is -4.65. The fraction of sp³-hybridized carbons (Fsp3) is 0.410. The van der Waals surface area contributed by atoms with Crippen molar-refractivity contribution < 1.29 is 9.53 Å². The average Bonchev–Trinajstić information content (AvgIpc) is 3.70. The van der Waals surface area contributed by atoms with Crippen LogP contribution in [0.25, 0.3) is 45.1 Å². The average molecular weight is 756 g/mol. The molecule has 1 amide bonds. The van der Waals surface area contributed by atoms with Crippen molar-refractivity contribution in [2.24, 2.45) is 5.73 Å². The van der Waals surface area contributed by atoms with Gasteiger partial charge in [-0.25, -0.2) is 24.7 Å². The van der Waals surface area contributed by atoms with E-state index in [0.717, 1.165) is 96.5 Å². The summed E-state index contributed by atoms with van der Waals surface area (Å²) in [5.74, 6) is 1.65. The quantitative estimate of drug-likeness (QED) is 0.165. The van der Waals surface area contributed by atoms with E-state index in [1.807, 2.05) is 63.2 Å². The second-order valence-electron chi connectivity index (χ2n) is 14.8. The SMILES string of the molecule is CC(C)(C)OC(=O)N[C@H]1CCC[C@@H](n2c(-c3ccccn3)nc3cc(Cl)ncc32)C1.N[C@H]1CCC[C@@H](n2c(-c3ccccn3)nc3cc(Cl)ncc32)C1. The van der Waals surface area contributed by atoms with E-state index in [4.69, 9.17) is 43.6 Å². The van der Waals surface area contributed by atoms with Crippen LogP contribution in [0.4, 0.5) is 4.79 Å². The number of pyridine rings is 4. The van der Waals surface area contributed by atoms with Gasteiger partial charge < -0.3 is 24.9 Å². The maximum atomic E-state index is 12.3. The highest BCUT2D eigenvalue weighted by molar-refractivity contribution is 6.30. The summed E-state index contributed by atoms with van der Waals surface area (Å²) in [6.45, 7) is 5.60. The van der Waals surface area contributed by atoms with Crippen molar-refractivity contribution >= 4 is 51.4 Å². The standard InChI is InChI=1S/C22H26ClN5O2.C17H18ClN5/c1-22(2,3)30-21(29)26-14-7-6-8-15(11-14)28-18-13-25-19(23)12-17(18)27-20(28)16-9-4-5-10-24-16;18-16-9-14-15(10-21-16)23(12-5-3-4-11(19)8-12)17(22-14)13-6-1-2-7-20-13/h4-5,9-10,12-15H,6-8,11H2,1-3H3,(H,26,29);1-2,6-7,9-12H,3-5,8,19H2/t14-,15+;11-,12+/m00/s1. The number of halogens is 2. The molecular weight excluding hydrogens is 711 g/mol. The number of hydrogen-bond donors (Lipinski definition) is 2. The molecule has 14 heteroatoms. The fourth-order valence-electron chi connectivity index (χ4n) is 7.47. The lowest BCUT2D eigenvalue weighted by atomic mass is 9.90. The third-order valence-electron chi connectivity index (χ3n) is 9.66. The predicted octanol–water partition coefficient (Wildman–Crippen LogP) is 8.74. The lowest BCUT2D eigenvalue weighted by Gasteiger charge is -2.32. The third kappa shape index (κ3) is 8.61. The highest BCUT2D eigenvalue weighted by atomic mass is 35.5. The molecule has 4 atom stereocenters. The van der Waals surface area contributed by atoms with Gasteiger partial charge in [-0.05, 0) is 96.4 Å². The van der Waals surface area contributed by atoms with Crippen molar-refractivity contribution in [2.75, 3.05) is 0 Å². The van der Waals surface area contributed by atoms with Crippen LogP contribution in [0.3, 0.4) is 0 Å². The summed E-state index contributed by atoms with van der Waals surface area (Å²) < 4.78 is 9.89. The summed E-state index contributed by atoms with van der Waals surface area (Å²) in [5, 5.41) is 3.90. The fourth-order valence-corrected chi connectivity index (χ4v) is 7.77. The summed E-state index contributed by atoms with van der Waals surface area (Å²) in [6, 6.07) is 16.0. The second-order valence-corrected chi connectivity index (χ2v) is 15.6. The van der Waals surface area contributed by atoms with E-state index in [-0.39, 0.29) is 24.2 Å². The normalized spacial score (nSPS) is 20.5. The maximum absolute atomic E-state index is 12.3. The van der Waals surface area contributed by atoms with E-state index in [2.05, 4.69) is 34.4 Å². The summed E-state index contributed by atoms with van der Waals surface area (Å²) in [5.41, 5.74) is 10.9. The first-order valence-electron chi connectivity index (χ1n) is 18.2. The summed E-state index contributed by atoms with van der Waals surface area (Å²) >= 11 is 12.1. The zero-order chi connectivity index (χ0) is 37.1. The minimum Gasteiger partial charge on any atom is -0.444 e. The van der Waals surface area contributed by atoms with Crippen LogP contribution < -0.4 is 11.1 Å². The smallest absolute Gasteiger partial charge is 0.407 e. The molecule has 6 aromatic heterocycles. The maximum Gasteiger partial charge on any atom is 0.407 e. The van der Waals surface area contributed by atoms with Crippen LogP contribution in [0, 0.1) is 0 Å². The number of hydrogen-bond acceptors (Lipinski definition) is 9. The summed E-state index contributed by atoms with van der Waals surface area (Å²) in [4.78, 5) is 39.4. The lowest BCUT2D eigenvalue weighted by molar-refractivity contribution is 0.0486.